The summed E-state index contributed by atoms with van der Waals surface area (Å²) in [4.78, 5) is 8.47. The van der Waals surface area contributed by atoms with Gasteiger partial charge in [-0.15, -0.1) is 0 Å². The molecule has 2 aromatic carbocycles. The number of aliphatic imine (C=N–C) groups is 1. The molecule has 0 radical (unpaired) electrons. The van der Waals surface area contributed by atoms with Gasteiger partial charge in [-0.2, -0.15) is 0 Å². The topological polar surface area (TPSA) is 18.8 Å². The van der Waals surface area contributed by atoms with E-state index in [0.717, 1.165) is 29.0 Å². The molecule has 3 nitrogen and oxygen atoms in total. The molecule has 4 heteroatoms. The average Bonchev–Trinajstić information content (AvgIpc) is 2.54. The van der Waals surface area contributed by atoms with E-state index in [1.54, 1.807) is 12.1 Å². The fourth-order valence-corrected chi connectivity index (χ4v) is 2.40. The van der Waals surface area contributed by atoms with Crippen LogP contribution in [0.5, 0.6) is 0 Å². The van der Waals surface area contributed by atoms with Gasteiger partial charge in [0.2, 0.25) is 0 Å². The number of halogens is 1. The molecule has 0 heterocycles. The van der Waals surface area contributed by atoms with Gasteiger partial charge in [-0.25, -0.2) is 9.38 Å². The monoisotopic (exact) mass is 313 g/mol. The smallest absolute Gasteiger partial charge is 0.146 e. The lowest BCUT2D eigenvalue weighted by Gasteiger charge is -2.23. The molecule has 2 aromatic rings. The van der Waals surface area contributed by atoms with Crippen molar-refractivity contribution in [3.63, 3.8) is 0 Å². The van der Waals surface area contributed by atoms with Crippen LogP contribution in [0.2, 0.25) is 0 Å². The molecule has 0 saturated carbocycles. The highest BCUT2D eigenvalue weighted by Crippen LogP contribution is 2.34. The summed E-state index contributed by atoms with van der Waals surface area (Å²) in [6, 6.07) is 10.9. The van der Waals surface area contributed by atoms with Crippen LogP contribution in [0.25, 0.3) is 0 Å². The summed E-state index contributed by atoms with van der Waals surface area (Å²) in [5.41, 5.74) is 4.55. The summed E-state index contributed by atoms with van der Waals surface area (Å²) in [6.45, 7) is 7.02. The molecule has 0 amide bonds. The molecule has 0 bridgehead atoms. The fraction of sp³-hybridized carbons (Fsp3) is 0.316. The lowest BCUT2D eigenvalue weighted by Crippen LogP contribution is -2.15. The van der Waals surface area contributed by atoms with Crippen LogP contribution in [0.1, 0.15) is 18.1 Å². The summed E-state index contributed by atoms with van der Waals surface area (Å²) in [7, 11) is 3.87. The number of hydrogen-bond donors (Lipinski definition) is 0. The molecule has 2 rings (SSSR count). The van der Waals surface area contributed by atoms with Gasteiger partial charge in [-0.05, 0) is 56.2 Å². The SMILES string of the molecule is CCN(C)C=Nc1cc(C)cc(N(C)c2ccccc2F)c1C. The molecule has 0 atom stereocenters. The standard InChI is InChI=1S/C19H24FN3/c1-6-22(4)13-21-17-11-14(2)12-19(15(17)3)23(5)18-10-8-7-9-16(18)20/h7-13H,6H2,1-5H3. The minimum absolute atomic E-state index is 0.230. The molecule has 0 aromatic heterocycles. The number of benzene rings is 2. The normalized spacial score (nSPS) is 11.0. The van der Waals surface area contributed by atoms with Gasteiger partial charge in [0, 0.05) is 26.3 Å². The van der Waals surface area contributed by atoms with Gasteiger partial charge < -0.3 is 9.80 Å². The molecule has 0 aliphatic heterocycles. The molecule has 122 valence electrons. The Hall–Kier alpha value is -2.36. The van der Waals surface area contributed by atoms with Gasteiger partial charge in [0.25, 0.3) is 0 Å². The van der Waals surface area contributed by atoms with Crippen molar-refractivity contribution >= 4 is 23.4 Å². The molecule has 23 heavy (non-hydrogen) atoms. The zero-order valence-corrected chi connectivity index (χ0v) is 14.5. The Labute approximate surface area is 138 Å². The summed E-state index contributed by atoms with van der Waals surface area (Å²) >= 11 is 0. The van der Waals surface area contributed by atoms with E-state index in [1.807, 2.05) is 56.2 Å². The Morgan fingerprint density at radius 2 is 1.78 bits per heavy atom. The fourth-order valence-electron chi connectivity index (χ4n) is 2.40. The van der Waals surface area contributed by atoms with E-state index in [1.165, 1.54) is 6.07 Å². The van der Waals surface area contributed by atoms with Crippen molar-refractivity contribution in [1.29, 1.82) is 0 Å². The van der Waals surface area contributed by atoms with Gasteiger partial charge in [-0.1, -0.05) is 12.1 Å². The van der Waals surface area contributed by atoms with E-state index in [4.69, 9.17) is 0 Å². The Kier molecular flexibility index (Phi) is 5.37. The Balaban J connectivity index is 2.45. The number of para-hydroxylation sites is 1. The predicted octanol–water partition coefficient (Wildman–Crippen LogP) is 4.82. The largest absolute Gasteiger partial charge is 0.366 e. The van der Waals surface area contributed by atoms with Crippen LogP contribution in [-0.2, 0) is 0 Å². The number of anilines is 2. The molecule has 0 spiro atoms. The van der Waals surface area contributed by atoms with Crippen LogP contribution in [0.3, 0.4) is 0 Å². The molecule has 0 aliphatic rings. The van der Waals surface area contributed by atoms with Gasteiger partial charge in [-0.3, -0.25) is 0 Å². The Bertz CT molecular complexity index is 710. The Morgan fingerprint density at radius 3 is 2.43 bits per heavy atom. The summed E-state index contributed by atoms with van der Waals surface area (Å²) in [5, 5.41) is 0. The maximum atomic E-state index is 14.1. The third kappa shape index (κ3) is 3.89. The van der Waals surface area contributed by atoms with Crippen molar-refractivity contribution in [3.05, 3.63) is 53.3 Å². The van der Waals surface area contributed by atoms with Crippen molar-refractivity contribution < 1.29 is 4.39 Å². The van der Waals surface area contributed by atoms with Crippen molar-refractivity contribution in [1.82, 2.24) is 4.90 Å². The molecule has 0 N–H and O–H groups in total. The summed E-state index contributed by atoms with van der Waals surface area (Å²) in [5.74, 6) is -0.230. The van der Waals surface area contributed by atoms with Crippen molar-refractivity contribution in [2.24, 2.45) is 4.99 Å². The van der Waals surface area contributed by atoms with E-state index in [9.17, 15) is 4.39 Å². The van der Waals surface area contributed by atoms with Gasteiger partial charge in [0.15, 0.2) is 0 Å². The van der Waals surface area contributed by atoms with Crippen LogP contribution in [-0.4, -0.2) is 31.9 Å². The number of rotatable bonds is 5. The summed E-state index contributed by atoms with van der Waals surface area (Å²) in [6.07, 6.45) is 1.83. The van der Waals surface area contributed by atoms with Crippen LogP contribution in [0, 0.1) is 19.7 Å². The average molecular weight is 313 g/mol. The van der Waals surface area contributed by atoms with Crippen LogP contribution in [0.15, 0.2) is 41.4 Å². The van der Waals surface area contributed by atoms with Gasteiger partial charge >= 0.3 is 0 Å². The molecular formula is C19H24FN3. The first-order valence-electron chi connectivity index (χ1n) is 7.78. The molecular weight excluding hydrogens is 289 g/mol. The first-order valence-corrected chi connectivity index (χ1v) is 7.78. The first-order chi connectivity index (χ1) is 10.9. The van der Waals surface area contributed by atoms with Crippen molar-refractivity contribution in [3.8, 4) is 0 Å². The van der Waals surface area contributed by atoms with E-state index < -0.39 is 0 Å². The van der Waals surface area contributed by atoms with Crippen LogP contribution in [0.4, 0.5) is 21.5 Å². The van der Waals surface area contributed by atoms with Crippen LogP contribution >= 0.6 is 0 Å². The zero-order valence-electron chi connectivity index (χ0n) is 14.5. The molecule has 0 unspecified atom stereocenters. The predicted molar refractivity (Wildman–Crippen MR) is 96.8 cm³/mol. The van der Waals surface area contributed by atoms with E-state index in [0.29, 0.717) is 5.69 Å². The number of hydrogen-bond acceptors (Lipinski definition) is 2. The first kappa shape index (κ1) is 17.0. The van der Waals surface area contributed by atoms with Gasteiger partial charge in [0.05, 0.1) is 17.7 Å². The molecule has 0 saturated heterocycles. The zero-order chi connectivity index (χ0) is 17.0. The van der Waals surface area contributed by atoms with Crippen LogP contribution < -0.4 is 4.90 Å². The third-order valence-corrected chi connectivity index (χ3v) is 3.97. The number of aryl methyl sites for hydroxylation is 1. The quantitative estimate of drug-likeness (QED) is 0.582. The van der Waals surface area contributed by atoms with Crippen molar-refractivity contribution in [2.75, 3.05) is 25.5 Å². The maximum absolute atomic E-state index is 14.1. The van der Waals surface area contributed by atoms with E-state index in [2.05, 4.69) is 18.0 Å². The van der Waals surface area contributed by atoms with Crippen molar-refractivity contribution in [2.45, 2.75) is 20.8 Å². The second-order valence-corrected chi connectivity index (χ2v) is 5.76. The highest BCUT2D eigenvalue weighted by atomic mass is 19.1. The maximum Gasteiger partial charge on any atom is 0.146 e. The highest BCUT2D eigenvalue weighted by molar-refractivity contribution is 5.74. The minimum Gasteiger partial charge on any atom is -0.366 e. The highest BCUT2D eigenvalue weighted by Gasteiger charge is 2.13. The van der Waals surface area contributed by atoms with E-state index in [-0.39, 0.29) is 5.82 Å². The third-order valence-electron chi connectivity index (χ3n) is 3.97. The number of nitrogens with zero attached hydrogens (tertiary/aromatic N) is 3. The van der Waals surface area contributed by atoms with E-state index >= 15 is 0 Å². The Morgan fingerprint density at radius 1 is 1.09 bits per heavy atom. The van der Waals surface area contributed by atoms with Gasteiger partial charge in [0.1, 0.15) is 5.82 Å². The summed E-state index contributed by atoms with van der Waals surface area (Å²) < 4.78 is 14.1. The second-order valence-electron chi connectivity index (χ2n) is 5.76. The minimum atomic E-state index is -0.230. The lowest BCUT2D eigenvalue weighted by molar-refractivity contribution is 0.552. The second kappa shape index (κ2) is 7.27. The molecule has 0 fully saturated rings. The molecule has 0 aliphatic carbocycles. The lowest BCUT2D eigenvalue weighted by atomic mass is 10.1.